The number of fused-ring (bicyclic) bond motifs is 5. The number of halogens is 1. The minimum Gasteiger partial charge on any atom is -0.458 e. The summed E-state index contributed by atoms with van der Waals surface area (Å²) in [5.74, 6) is -4.98. The van der Waals surface area contributed by atoms with Gasteiger partial charge in [-0.05, 0) is 108 Å². The number of benzene rings is 2. The monoisotopic (exact) mass is 1070 g/mol. The van der Waals surface area contributed by atoms with E-state index in [1.807, 2.05) is 0 Å². The number of nitrogens with one attached hydrogen (secondary N) is 7. The number of carbonyl (C=O) groups excluding carboxylic acids is 8. The Morgan fingerprint density at radius 3 is 2.26 bits per heavy atom. The van der Waals surface area contributed by atoms with Crippen LogP contribution in [0.4, 0.5) is 9.18 Å². The summed E-state index contributed by atoms with van der Waals surface area (Å²) in [5, 5.41) is 30.4. The molecule has 2 aromatic heterocycles. The molecule has 0 radical (unpaired) electrons. The van der Waals surface area contributed by atoms with Crippen molar-refractivity contribution in [2.45, 2.75) is 135 Å². The maximum atomic E-state index is 15.4. The van der Waals surface area contributed by atoms with Crippen molar-refractivity contribution in [1.82, 2.24) is 46.8 Å². The van der Waals surface area contributed by atoms with E-state index in [0.29, 0.717) is 76.8 Å². The zero-order valence-corrected chi connectivity index (χ0v) is 43.9. The summed E-state index contributed by atoms with van der Waals surface area (Å²) in [6.07, 6.45) is 1.63. The van der Waals surface area contributed by atoms with Gasteiger partial charge >= 0.3 is 12.1 Å². The Hall–Kier alpha value is -7.79. The van der Waals surface area contributed by atoms with Gasteiger partial charge in [-0.3, -0.25) is 33.6 Å². The fraction of sp³-hybridized carbons (Fsp3) is 0.481. The normalized spacial score (nSPS) is 16.8. The van der Waals surface area contributed by atoms with Gasteiger partial charge in [0.05, 0.1) is 54.7 Å². The third-order valence-electron chi connectivity index (χ3n) is 13.8. The number of amides is 7. The number of ether oxygens (including phenoxy) is 2. The van der Waals surface area contributed by atoms with Crippen LogP contribution in [-0.2, 0) is 74.6 Å². The Labute approximate surface area is 443 Å². The van der Waals surface area contributed by atoms with Gasteiger partial charge in [0.1, 0.15) is 30.1 Å². The lowest BCUT2D eigenvalue weighted by molar-refractivity contribution is -0.172. The first-order valence-corrected chi connectivity index (χ1v) is 25.8. The Bertz CT molecular complexity index is 3030. The van der Waals surface area contributed by atoms with Crippen LogP contribution < -0.4 is 48.5 Å². The third kappa shape index (κ3) is 13.4. The molecule has 0 fully saturated rings. The minimum atomic E-state index is -2.04. The largest absolute Gasteiger partial charge is 0.458 e. The predicted octanol–water partition coefficient (Wildman–Crippen LogP) is 1.63. The zero-order valence-electron chi connectivity index (χ0n) is 43.9. The van der Waals surface area contributed by atoms with Crippen LogP contribution in [0.3, 0.4) is 0 Å². The van der Waals surface area contributed by atoms with E-state index in [1.165, 1.54) is 10.6 Å². The number of cyclic esters (lactones) is 1. The lowest BCUT2D eigenvalue weighted by atomic mass is 9.81. The predicted molar refractivity (Wildman–Crippen MR) is 278 cm³/mol. The molecule has 3 aliphatic rings. The van der Waals surface area contributed by atoms with Crippen LogP contribution >= 0.6 is 0 Å². The lowest BCUT2D eigenvalue weighted by Crippen LogP contribution is -2.53. The van der Waals surface area contributed by atoms with E-state index in [2.05, 4.69) is 37.2 Å². The van der Waals surface area contributed by atoms with Crippen molar-refractivity contribution in [1.29, 1.82) is 0 Å². The molecule has 7 amide bonds. The van der Waals surface area contributed by atoms with Gasteiger partial charge in [-0.2, -0.15) is 0 Å². The summed E-state index contributed by atoms with van der Waals surface area (Å²) in [5.41, 5.74) is 6.90. The smallest absolute Gasteiger partial charge is 0.408 e. The van der Waals surface area contributed by atoms with Crippen LogP contribution in [0, 0.1) is 12.7 Å². The number of aromatic nitrogens is 2. The molecule has 0 bridgehead atoms. The van der Waals surface area contributed by atoms with E-state index >= 15 is 4.39 Å². The molecule has 77 heavy (non-hydrogen) atoms. The number of aliphatic hydroxyl groups is 1. The highest BCUT2D eigenvalue weighted by Crippen LogP contribution is 2.46. The summed E-state index contributed by atoms with van der Waals surface area (Å²) in [7, 11) is 0. The third-order valence-corrected chi connectivity index (χ3v) is 13.8. The highest BCUT2D eigenvalue weighted by Gasteiger charge is 2.46. The number of nitrogens with zero attached hydrogens (tertiary/aromatic N) is 2. The molecule has 22 nitrogen and oxygen atoms in total. The molecule has 412 valence electrons. The van der Waals surface area contributed by atoms with Crippen LogP contribution in [-0.4, -0.2) is 113 Å². The number of carbonyl (C=O) groups is 8. The second-order valence-electron chi connectivity index (χ2n) is 20.4. The summed E-state index contributed by atoms with van der Waals surface area (Å²) >= 11 is 0. The molecular weight excluding hydrogens is 1000 g/mol. The van der Waals surface area contributed by atoms with E-state index in [1.54, 1.807) is 71.0 Å². The highest BCUT2D eigenvalue weighted by atomic mass is 19.1. The molecule has 4 atom stereocenters. The molecular formula is C54H67FN10O12. The Balaban J connectivity index is 0.911. The molecule has 2 aliphatic heterocycles. The molecule has 1 aliphatic carbocycles. The van der Waals surface area contributed by atoms with E-state index < -0.39 is 102 Å². The number of aryl methyl sites for hydroxylation is 1. The van der Waals surface area contributed by atoms with Gasteiger partial charge in [-0.15, -0.1) is 0 Å². The summed E-state index contributed by atoms with van der Waals surface area (Å²) in [4.78, 5) is 123. The second kappa shape index (κ2) is 24.5. The molecule has 0 spiro atoms. The molecule has 10 N–H and O–H groups in total. The van der Waals surface area contributed by atoms with Gasteiger partial charge in [-0.1, -0.05) is 37.3 Å². The maximum absolute atomic E-state index is 15.4. The van der Waals surface area contributed by atoms with Gasteiger partial charge in [0.25, 0.3) is 5.56 Å². The number of unbranched alkanes of at least 4 members (excludes halogenated alkanes) is 1. The average Bonchev–Trinajstić information content (AvgIpc) is 3.80. The topological polar surface area (TPSA) is 320 Å². The molecule has 0 saturated heterocycles. The second-order valence-corrected chi connectivity index (χ2v) is 20.4. The molecule has 4 aromatic rings. The first-order valence-electron chi connectivity index (χ1n) is 25.8. The standard InChI is InChI=1S/C54H67FN10O12/c1-6-54(75)34-22-40-47-32(27-65(40)50(72)33(34)28-76-51(54)73)46-36(18-17-31-29(2)35(55)23-38(63-47)45(31)46)61-41(66)16-12-20-57-42(67)24-60-49(71)39(21-30-13-8-7-9-14-30)62-44(69)26-58-43(68)25-59-48(70)37(15-10-11-19-56)64-52(74)77-53(3,4)5/h7-9,13-14,22-23,36-37,39,75H,6,10-12,15-21,24-28,56H2,1-5H3,(H,57,67)(H,58,68)(H,59,70)(H,60,71)(H,61,66)(H,62,69)(H,64,74)/t36-,37-,39-,54-/m0/s1. The number of esters is 1. The Kier molecular flexibility index (Phi) is 18.1. The fourth-order valence-corrected chi connectivity index (χ4v) is 9.84. The van der Waals surface area contributed by atoms with E-state index in [0.717, 1.165) is 5.56 Å². The molecule has 0 unspecified atom stereocenters. The van der Waals surface area contributed by atoms with E-state index in [4.69, 9.17) is 20.2 Å². The lowest BCUT2D eigenvalue weighted by Gasteiger charge is -2.31. The van der Waals surface area contributed by atoms with Gasteiger partial charge < -0.3 is 62.1 Å². The highest BCUT2D eigenvalue weighted by molar-refractivity contribution is 5.95. The van der Waals surface area contributed by atoms with Crippen LogP contribution in [0.5, 0.6) is 0 Å². The average molecular weight is 1070 g/mol. The van der Waals surface area contributed by atoms with Crippen molar-refractivity contribution >= 4 is 58.4 Å². The first-order chi connectivity index (χ1) is 36.6. The molecule has 23 heteroatoms. The van der Waals surface area contributed by atoms with Gasteiger partial charge in [0, 0.05) is 42.0 Å². The molecule has 0 saturated carbocycles. The first kappa shape index (κ1) is 56.9. The van der Waals surface area contributed by atoms with Crippen molar-refractivity contribution in [3.63, 3.8) is 0 Å². The van der Waals surface area contributed by atoms with Crippen LogP contribution in [0.25, 0.3) is 22.3 Å². The van der Waals surface area contributed by atoms with Crippen molar-refractivity contribution < 1.29 is 57.3 Å². The molecule has 4 heterocycles. The fourth-order valence-electron chi connectivity index (χ4n) is 9.84. The van der Waals surface area contributed by atoms with Crippen molar-refractivity contribution in [3.05, 3.63) is 97.6 Å². The van der Waals surface area contributed by atoms with Crippen LogP contribution in [0.2, 0.25) is 0 Å². The SMILES string of the molecule is CC[C@@]1(O)C(=O)OCc2c1cc1n(c2=O)Cc2c-1nc1cc(F)c(C)c3c1c2[C@@H](NC(=O)CCCNC(=O)CNC(=O)[C@H](Cc1ccccc1)NC(=O)CNC(=O)CNC(=O)[C@H](CCCCN)NC(=O)OC(C)(C)C)CC3. The van der Waals surface area contributed by atoms with Crippen molar-refractivity contribution in [2.75, 3.05) is 32.7 Å². The number of rotatable bonds is 22. The van der Waals surface area contributed by atoms with Crippen LogP contribution in [0.15, 0.2) is 47.3 Å². The van der Waals surface area contributed by atoms with Gasteiger partial charge in [0.15, 0.2) is 5.60 Å². The van der Waals surface area contributed by atoms with Gasteiger partial charge in [-0.25, -0.2) is 19.0 Å². The zero-order chi connectivity index (χ0) is 55.8. The van der Waals surface area contributed by atoms with Crippen molar-refractivity contribution in [2.24, 2.45) is 5.73 Å². The number of hydrogen-bond acceptors (Lipinski definition) is 14. The number of hydrogen-bond donors (Lipinski definition) is 9. The summed E-state index contributed by atoms with van der Waals surface area (Å²) in [6.45, 7) is 7.02. The van der Waals surface area contributed by atoms with Crippen LogP contribution in [0.1, 0.15) is 118 Å². The number of pyridine rings is 2. The quantitative estimate of drug-likeness (QED) is 0.0352. The summed E-state index contributed by atoms with van der Waals surface area (Å²) < 4.78 is 27.4. The number of nitrogens with two attached hydrogens (primary N) is 1. The molecule has 7 rings (SSSR count). The van der Waals surface area contributed by atoms with Crippen molar-refractivity contribution in [3.8, 4) is 11.4 Å². The minimum absolute atomic E-state index is 0.0000430. The Morgan fingerprint density at radius 1 is 0.883 bits per heavy atom. The molecule has 2 aromatic carbocycles. The Morgan fingerprint density at radius 2 is 1.57 bits per heavy atom. The number of alkyl carbamates (subject to hydrolysis) is 1. The maximum Gasteiger partial charge on any atom is 0.408 e. The van der Waals surface area contributed by atoms with E-state index in [-0.39, 0.29) is 68.8 Å². The summed E-state index contributed by atoms with van der Waals surface area (Å²) in [6, 6.07) is 8.99. The van der Waals surface area contributed by atoms with Gasteiger partial charge in [0.2, 0.25) is 35.4 Å². The van der Waals surface area contributed by atoms with E-state index in [9.17, 15) is 48.3 Å².